The van der Waals surface area contributed by atoms with Crippen LogP contribution >= 0.6 is 0 Å². The van der Waals surface area contributed by atoms with Crippen molar-refractivity contribution in [2.45, 2.75) is 25.4 Å². The van der Waals surface area contributed by atoms with Gasteiger partial charge in [0.1, 0.15) is 17.6 Å². The van der Waals surface area contributed by atoms with Gasteiger partial charge in [-0.15, -0.1) is 0 Å². The minimum absolute atomic E-state index is 0.194. The van der Waals surface area contributed by atoms with E-state index in [0.717, 1.165) is 16.6 Å². The molecule has 0 saturated heterocycles. The molecule has 0 saturated carbocycles. The molecule has 0 fully saturated rings. The van der Waals surface area contributed by atoms with Gasteiger partial charge < -0.3 is 20.5 Å². The fourth-order valence-corrected chi connectivity index (χ4v) is 2.82. The molecule has 0 aliphatic heterocycles. The maximum atomic E-state index is 11.5. The predicted octanol–water partition coefficient (Wildman–Crippen LogP) is 2.63. The van der Waals surface area contributed by atoms with Crippen molar-refractivity contribution < 1.29 is 15.0 Å². The zero-order valence-electron chi connectivity index (χ0n) is 13.3. The van der Waals surface area contributed by atoms with Crippen LogP contribution in [-0.2, 0) is 11.2 Å². The normalized spacial score (nSPS) is 13.8. The minimum atomic E-state index is -0.934. The van der Waals surface area contributed by atoms with Gasteiger partial charge in [0.2, 0.25) is 0 Å². The molecule has 124 valence electrons. The van der Waals surface area contributed by atoms with Crippen molar-refractivity contribution in [2.24, 2.45) is 5.73 Å². The summed E-state index contributed by atoms with van der Waals surface area (Å²) in [6, 6.07) is 13.0. The third-order valence-corrected chi connectivity index (χ3v) is 4.09. The lowest BCUT2D eigenvalue weighted by molar-refractivity contribution is -0.140. The maximum absolute atomic E-state index is 11.5. The number of aliphatic carboxylic acids is 1. The highest BCUT2D eigenvalue weighted by molar-refractivity contribution is 5.80. The van der Waals surface area contributed by atoms with E-state index in [1.807, 2.05) is 24.3 Å². The van der Waals surface area contributed by atoms with Crippen LogP contribution in [0.2, 0.25) is 0 Å². The fraction of sp³-hybridized carbons (Fsp3) is 0.222. The smallest absolute Gasteiger partial charge is 0.326 e. The van der Waals surface area contributed by atoms with Crippen LogP contribution in [0.4, 0.5) is 0 Å². The van der Waals surface area contributed by atoms with E-state index in [4.69, 9.17) is 5.73 Å². The van der Waals surface area contributed by atoms with Crippen molar-refractivity contribution >= 4 is 17.0 Å². The highest BCUT2D eigenvalue weighted by atomic mass is 16.4. The van der Waals surface area contributed by atoms with Gasteiger partial charge in [-0.05, 0) is 43.2 Å². The quantitative estimate of drug-likeness (QED) is 0.669. The van der Waals surface area contributed by atoms with Gasteiger partial charge in [-0.2, -0.15) is 0 Å². The van der Waals surface area contributed by atoms with E-state index in [9.17, 15) is 15.0 Å². The summed E-state index contributed by atoms with van der Waals surface area (Å²) < 4.78 is 1.68. The van der Waals surface area contributed by atoms with Crippen LogP contribution in [0.5, 0.6) is 5.75 Å². The fourth-order valence-electron chi connectivity index (χ4n) is 2.82. The predicted molar refractivity (Wildman–Crippen MR) is 90.8 cm³/mol. The molecule has 0 bridgehead atoms. The summed E-state index contributed by atoms with van der Waals surface area (Å²) in [5, 5.41) is 18.8. The monoisotopic (exact) mass is 325 g/mol. The van der Waals surface area contributed by atoms with Crippen molar-refractivity contribution in [3.05, 3.63) is 59.9 Å². The largest absolute Gasteiger partial charge is 0.508 e. The Balaban J connectivity index is 2.02. The molecule has 0 spiro atoms. The number of imidazole rings is 1. The molecule has 0 aliphatic rings. The number of fused-ring (bicyclic) bond motifs is 1. The van der Waals surface area contributed by atoms with E-state index in [1.165, 1.54) is 0 Å². The van der Waals surface area contributed by atoms with E-state index < -0.39 is 18.1 Å². The Morgan fingerprint density at radius 2 is 1.88 bits per heavy atom. The second-order valence-electron chi connectivity index (χ2n) is 5.82. The molecule has 1 heterocycles. The second-order valence-corrected chi connectivity index (χ2v) is 5.82. The number of phenolic OH excluding ortho intramolecular Hbond substituents is 1. The summed E-state index contributed by atoms with van der Waals surface area (Å²) >= 11 is 0. The number of aromatic nitrogens is 2. The Hall–Kier alpha value is -2.86. The van der Waals surface area contributed by atoms with E-state index >= 15 is 0 Å². The Morgan fingerprint density at radius 1 is 1.21 bits per heavy atom. The first kappa shape index (κ1) is 16.0. The summed E-state index contributed by atoms with van der Waals surface area (Å²) in [4.78, 5) is 16.0. The molecule has 0 amide bonds. The van der Waals surface area contributed by atoms with Gasteiger partial charge in [0, 0.05) is 0 Å². The number of rotatable bonds is 5. The standard InChI is InChI=1S/C18H19N3O3/c1-11(18(23)24)21-16-5-3-2-4-15(16)20-17(21)14(19)10-12-6-8-13(22)9-7-12/h2-9,11,14,22H,10,19H2,1H3,(H,23,24). The molecule has 1 aromatic heterocycles. The van der Waals surface area contributed by atoms with Crippen LogP contribution in [-0.4, -0.2) is 25.7 Å². The van der Waals surface area contributed by atoms with Crippen molar-refractivity contribution in [3.63, 3.8) is 0 Å². The summed E-state index contributed by atoms with van der Waals surface area (Å²) in [5.41, 5.74) is 8.75. The number of hydrogen-bond donors (Lipinski definition) is 3. The maximum Gasteiger partial charge on any atom is 0.326 e. The van der Waals surface area contributed by atoms with Gasteiger partial charge >= 0.3 is 5.97 Å². The summed E-state index contributed by atoms with van der Waals surface area (Å²) in [6.07, 6.45) is 0.496. The van der Waals surface area contributed by atoms with E-state index in [1.54, 1.807) is 35.8 Å². The van der Waals surface area contributed by atoms with Crippen molar-refractivity contribution in [1.82, 2.24) is 9.55 Å². The first-order valence-electron chi connectivity index (χ1n) is 7.70. The number of carbonyl (C=O) groups is 1. The zero-order valence-corrected chi connectivity index (χ0v) is 13.3. The van der Waals surface area contributed by atoms with E-state index in [2.05, 4.69) is 4.98 Å². The topological polar surface area (TPSA) is 101 Å². The Bertz CT molecular complexity index is 871. The molecule has 3 rings (SSSR count). The molecule has 4 N–H and O–H groups in total. The Labute approximate surface area is 139 Å². The number of nitrogens with two attached hydrogens (primary N) is 1. The highest BCUT2D eigenvalue weighted by Gasteiger charge is 2.24. The van der Waals surface area contributed by atoms with Crippen LogP contribution in [0.1, 0.15) is 30.4 Å². The van der Waals surface area contributed by atoms with Gasteiger partial charge in [-0.3, -0.25) is 0 Å². The molecule has 3 aromatic rings. The van der Waals surface area contributed by atoms with Crippen LogP contribution in [0.3, 0.4) is 0 Å². The molecule has 2 unspecified atom stereocenters. The number of benzene rings is 2. The lowest BCUT2D eigenvalue weighted by Crippen LogP contribution is -2.24. The van der Waals surface area contributed by atoms with Crippen LogP contribution in [0.15, 0.2) is 48.5 Å². The molecule has 6 nitrogen and oxygen atoms in total. The number of para-hydroxylation sites is 2. The SMILES string of the molecule is CC(C(=O)O)n1c(C(N)Cc2ccc(O)cc2)nc2ccccc21. The van der Waals surface area contributed by atoms with E-state index in [-0.39, 0.29) is 5.75 Å². The van der Waals surface area contributed by atoms with Crippen molar-refractivity contribution in [1.29, 1.82) is 0 Å². The average molecular weight is 325 g/mol. The number of carboxylic acid groups (broad SMARTS) is 1. The highest BCUT2D eigenvalue weighted by Crippen LogP contribution is 2.26. The van der Waals surface area contributed by atoms with Crippen LogP contribution in [0, 0.1) is 0 Å². The molecule has 2 aromatic carbocycles. The molecular formula is C18H19N3O3. The number of carboxylic acids is 1. The molecule has 2 atom stereocenters. The molecule has 24 heavy (non-hydrogen) atoms. The van der Waals surface area contributed by atoms with Gasteiger partial charge in [-0.25, -0.2) is 9.78 Å². The van der Waals surface area contributed by atoms with Crippen LogP contribution in [0.25, 0.3) is 11.0 Å². The number of aromatic hydroxyl groups is 1. The summed E-state index contributed by atoms with van der Waals surface area (Å²) in [6.45, 7) is 1.62. The summed E-state index contributed by atoms with van der Waals surface area (Å²) in [7, 11) is 0. The van der Waals surface area contributed by atoms with Gasteiger partial charge in [0.25, 0.3) is 0 Å². The zero-order chi connectivity index (χ0) is 17.3. The Morgan fingerprint density at radius 3 is 2.54 bits per heavy atom. The third-order valence-electron chi connectivity index (χ3n) is 4.09. The molecular weight excluding hydrogens is 306 g/mol. The first-order valence-corrected chi connectivity index (χ1v) is 7.70. The molecule has 0 radical (unpaired) electrons. The lowest BCUT2D eigenvalue weighted by Gasteiger charge is -2.18. The third kappa shape index (κ3) is 2.96. The second kappa shape index (κ2) is 6.33. The first-order chi connectivity index (χ1) is 11.5. The lowest BCUT2D eigenvalue weighted by atomic mass is 10.1. The van der Waals surface area contributed by atoms with Crippen LogP contribution < -0.4 is 5.73 Å². The number of hydrogen-bond acceptors (Lipinski definition) is 4. The van der Waals surface area contributed by atoms with Gasteiger partial charge in [0.05, 0.1) is 17.1 Å². The number of nitrogens with zero attached hydrogens (tertiary/aromatic N) is 2. The Kier molecular flexibility index (Phi) is 4.22. The molecule has 0 aliphatic carbocycles. The minimum Gasteiger partial charge on any atom is -0.508 e. The van der Waals surface area contributed by atoms with Gasteiger partial charge in [0.15, 0.2) is 0 Å². The van der Waals surface area contributed by atoms with Gasteiger partial charge in [-0.1, -0.05) is 24.3 Å². The molecule has 6 heteroatoms. The summed E-state index contributed by atoms with van der Waals surface area (Å²) in [5.74, 6) is -0.200. The van der Waals surface area contributed by atoms with Crippen molar-refractivity contribution in [2.75, 3.05) is 0 Å². The number of phenols is 1. The van der Waals surface area contributed by atoms with Crippen molar-refractivity contribution in [3.8, 4) is 5.75 Å². The average Bonchev–Trinajstić information content (AvgIpc) is 2.95. The van der Waals surface area contributed by atoms with E-state index in [0.29, 0.717) is 12.2 Å².